The fourth-order valence-electron chi connectivity index (χ4n) is 8.15. The van der Waals surface area contributed by atoms with Gasteiger partial charge in [-0.1, -0.05) is 38.1 Å². The molecule has 18 heteroatoms. The number of pyridine rings is 2. The molecule has 5 heterocycles. The van der Waals surface area contributed by atoms with Crippen molar-refractivity contribution in [2.75, 3.05) is 31.5 Å². The van der Waals surface area contributed by atoms with Crippen LogP contribution in [0.2, 0.25) is 0 Å². The number of hydrogen-bond donors (Lipinski definition) is 8. The maximum absolute atomic E-state index is 12.3. The van der Waals surface area contributed by atoms with Gasteiger partial charge in [-0.15, -0.1) is 0 Å². The van der Waals surface area contributed by atoms with Crippen LogP contribution in [0.3, 0.4) is 0 Å². The fraction of sp³-hybridized carbons (Fsp3) is 0.212. The molecule has 358 valence electrons. The number of amides is 2. The summed E-state index contributed by atoms with van der Waals surface area (Å²) in [4.78, 5) is 53.5. The number of rotatable bonds is 18. The van der Waals surface area contributed by atoms with Crippen LogP contribution in [0.1, 0.15) is 63.7 Å². The van der Waals surface area contributed by atoms with E-state index in [4.69, 9.17) is 30.9 Å². The van der Waals surface area contributed by atoms with Gasteiger partial charge in [-0.05, 0) is 103 Å². The van der Waals surface area contributed by atoms with Crippen LogP contribution in [0, 0.1) is 0 Å². The van der Waals surface area contributed by atoms with E-state index < -0.39 is 11.8 Å². The minimum absolute atomic E-state index is 0.0157. The first-order valence-electron chi connectivity index (χ1n) is 22.7. The third kappa shape index (κ3) is 10.4. The van der Waals surface area contributed by atoms with Gasteiger partial charge in [-0.2, -0.15) is 0 Å². The zero-order chi connectivity index (χ0) is 49.3. The van der Waals surface area contributed by atoms with E-state index in [1.165, 1.54) is 12.4 Å². The molecule has 18 nitrogen and oxygen atoms in total. The van der Waals surface area contributed by atoms with Crippen molar-refractivity contribution < 1.29 is 24.2 Å². The third-order valence-electron chi connectivity index (χ3n) is 11.9. The number of H-pyrrole nitrogens is 2. The molecular formula is C52H55N13O5. The summed E-state index contributed by atoms with van der Waals surface area (Å²) >= 11 is 0. The maximum atomic E-state index is 12.3. The highest BCUT2D eigenvalue weighted by Gasteiger charge is 2.21. The molecule has 0 aliphatic heterocycles. The minimum Gasteiger partial charge on any atom is -0.497 e. The summed E-state index contributed by atoms with van der Waals surface area (Å²) in [7, 11) is 3.24. The quantitative estimate of drug-likeness (QED) is 0.0409. The second-order valence-corrected chi connectivity index (χ2v) is 16.4. The number of imidazole rings is 3. The second kappa shape index (κ2) is 21.6. The summed E-state index contributed by atoms with van der Waals surface area (Å²) in [5, 5.41) is 19.5. The van der Waals surface area contributed by atoms with E-state index in [9.17, 15) is 14.7 Å². The van der Waals surface area contributed by atoms with E-state index in [0.29, 0.717) is 58.4 Å². The number of fused-ring (bicyclic) bond motifs is 2. The van der Waals surface area contributed by atoms with Gasteiger partial charge in [0.1, 0.15) is 34.2 Å². The van der Waals surface area contributed by atoms with Crippen molar-refractivity contribution >= 4 is 56.9 Å². The lowest BCUT2D eigenvalue weighted by molar-refractivity contribution is 0.0992. The molecule has 0 aliphatic rings. The molecule has 0 radical (unpaired) electrons. The number of nitrogens with one attached hydrogen (secondary N) is 5. The Bertz CT molecular complexity index is 3260. The normalized spacial score (nSPS) is 11.5. The highest BCUT2D eigenvalue weighted by Crippen LogP contribution is 2.35. The Morgan fingerprint density at radius 3 is 1.63 bits per heavy atom. The molecule has 0 spiro atoms. The van der Waals surface area contributed by atoms with Gasteiger partial charge in [-0.25, -0.2) is 24.9 Å². The number of carbonyl (C=O) groups excluding carboxylic acids is 2. The van der Waals surface area contributed by atoms with E-state index in [2.05, 4.69) is 66.9 Å². The number of aromatic nitrogens is 8. The van der Waals surface area contributed by atoms with Gasteiger partial charge in [0.15, 0.2) is 11.3 Å². The highest BCUT2D eigenvalue weighted by atomic mass is 16.5. The number of carbonyl (C=O) groups is 2. The Hall–Kier alpha value is -8.61. The van der Waals surface area contributed by atoms with Crippen molar-refractivity contribution in [3.05, 3.63) is 149 Å². The Morgan fingerprint density at radius 1 is 0.714 bits per heavy atom. The molecule has 10 N–H and O–H groups in total. The smallest absolute Gasteiger partial charge is 0.252 e. The SMILES string of the molecule is CCc1c(CNC(C)CO)cccc1Nc1c(C(N)=O)cnc2[nH]c(-c3ccc(OC)cc3)nc12.CCc1c(Cn2ccnc2)cccc1Nc1c(C(N)=O)cnc2[nH]c(-c3ccc(OC)cc3)nc12. The van der Waals surface area contributed by atoms with Gasteiger partial charge in [0.05, 0.1) is 49.7 Å². The molecule has 9 rings (SSSR count). The number of primary amides is 2. The predicted octanol–water partition coefficient (Wildman–Crippen LogP) is 7.79. The van der Waals surface area contributed by atoms with Crippen LogP contribution in [-0.2, 0) is 25.9 Å². The van der Waals surface area contributed by atoms with Gasteiger partial charge >= 0.3 is 0 Å². The van der Waals surface area contributed by atoms with E-state index in [0.717, 1.165) is 69.1 Å². The number of nitrogens with two attached hydrogens (primary N) is 2. The number of anilines is 4. The van der Waals surface area contributed by atoms with Crippen molar-refractivity contribution in [3.63, 3.8) is 0 Å². The molecule has 0 fully saturated rings. The molecule has 0 saturated heterocycles. The van der Waals surface area contributed by atoms with Crippen LogP contribution in [-0.4, -0.2) is 83.2 Å². The number of hydrogen-bond acceptors (Lipinski definition) is 13. The Labute approximate surface area is 403 Å². The van der Waals surface area contributed by atoms with Gasteiger partial charge in [0.2, 0.25) is 0 Å². The van der Waals surface area contributed by atoms with Crippen LogP contribution in [0.15, 0.2) is 116 Å². The summed E-state index contributed by atoms with van der Waals surface area (Å²) in [5.41, 5.74) is 23.1. The average Bonchev–Trinajstić information content (AvgIpc) is 4.17. The van der Waals surface area contributed by atoms with E-state index in [-0.39, 0.29) is 23.8 Å². The monoisotopic (exact) mass is 941 g/mol. The van der Waals surface area contributed by atoms with Gasteiger partial charge < -0.3 is 56.5 Å². The zero-order valence-electron chi connectivity index (χ0n) is 39.5. The summed E-state index contributed by atoms with van der Waals surface area (Å²) in [6, 6.07) is 27.1. The Kier molecular flexibility index (Phi) is 14.7. The van der Waals surface area contributed by atoms with Gasteiger partial charge in [0, 0.05) is 66.4 Å². The number of aromatic amines is 2. The first-order chi connectivity index (χ1) is 34.0. The molecule has 0 aliphatic carbocycles. The number of nitrogens with zero attached hydrogens (tertiary/aromatic N) is 6. The molecule has 2 amide bonds. The Balaban J connectivity index is 0.000000188. The molecule has 70 heavy (non-hydrogen) atoms. The Morgan fingerprint density at radius 2 is 1.20 bits per heavy atom. The predicted molar refractivity (Wildman–Crippen MR) is 272 cm³/mol. The lowest BCUT2D eigenvalue weighted by Gasteiger charge is -2.18. The van der Waals surface area contributed by atoms with E-state index in [1.807, 2.05) is 90.5 Å². The topological polar surface area (TPSA) is 262 Å². The number of methoxy groups -OCH3 is 2. The lowest BCUT2D eigenvalue weighted by Crippen LogP contribution is -2.29. The van der Waals surface area contributed by atoms with E-state index in [1.54, 1.807) is 26.7 Å². The molecular weight excluding hydrogens is 887 g/mol. The van der Waals surface area contributed by atoms with Gasteiger partial charge in [0.25, 0.3) is 11.8 Å². The standard InChI is InChI=1S/C26H25N7O2.C26H30N6O3/c1-3-19-17(14-33-12-11-28-15-33)5-4-6-21(19)30-22-20(24(27)34)13-29-26-23(22)31-25(32-26)16-7-9-18(35-2)10-8-16;1-4-19-17(12-28-15(2)14-33)6-5-7-21(19)30-22-20(24(27)34)13-29-26-23(22)31-25(32-26)16-8-10-18(35-3)11-9-16/h4-13,15H,3,14H2,1-2H3,(H2,27,34)(H2,29,30,31,32);5-11,13,15,28,33H,4,12,14H2,1-3H3,(H2,27,34)(H2,29,30,31,32). The van der Waals surface area contributed by atoms with Crippen molar-refractivity contribution in [2.45, 2.75) is 52.7 Å². The maximum Gasteiger partial charge on any atom is 0.252 e. The first kappa shape index (κ1) is 47.9. The summed E-state index contributed by atoms with van der Waals surface area (Å²) in [6.45, 7) is 7.47. The van der Waals surface area contributed by atoms with Crippen molar-refractivity contribution in [1.29, 1.82) is 0 Å². The second-order valence-electron chi connectivity index (χ2n) is 16.4. The average molecular weight is 942 g/mol. The van der Waals surface area contributed by atoms with Crippen LogP contribution >= 0.6 is 0 Å². The van der Waals surface area contributed by atoms with Crippen LogP contribution in [0.25, 0.3) is 45.1 Å². The number of aliphatic hydroxyl groups is 1. The van der Waals surface area contributed by atoms with Crippen molar-refractivity contribution in [1.82, 2.24) is 44.8 Å². The van der Waals surface area contributed by atoms with Crippen molar-refractivity contribution in [2.24, 2.45) is 11.5 Å². The number of ether oxygens (including phenoxy) is 2. The zero-order valence-corrected chi connectivity index (χ0v) is 39.5. The number of benzene rings is 4. The van der Waals surface area contributed by atoms with Crippen LogP contribution in [0.4, 0.5) is 22.7 Å². The van der Waals surface area contributed by atoms with Gasteiger partial charge in [-0.3, -0.25) is 9.59 Å². The van der Waals surface area contributed by atoms with E-state index >= 15 is 0 Å². The molecule has 9 aromatic rings. The lowest BCUT2D eigenvalue weighted by atomic mass is 10.0. The largest absolute Gasteiger partial charge is 0.497 e. The summed E-state index contributed by atoms with van der Waals surface area (Å²) in [5.74, 6) is 1.57. The highest BCUT2D eigenvalue weighted by molar-refractivity contribution is 6.07. The third-order valence-corrected chi connectivity index (χ3v) is 11.9. The number of aliphatic hydroxyl groups excluding tert-OH is 1. The first-order valence-corrected chi connectivity index (χ1v) is 22.7. The fourth-order valence-corrected chi connectivity index (χ4v) is 8.15. The summed E-state index contributed by atoms with van der Waals surface area (Å²) < 4.78 is 12.5. The molecule has 4 aromatic carbocycles. The molecule has 0 saturated carbocycles. The molecule has 5 aromatic heterocycles. The molecule has 1 unspecified atom stereocenters. The molecule has 1 atom stereocenters. The minimum atomic E-state index is -0.594. The van der Waals surface area contributed by atoms with Crippen molar-refractivity contribution in [3.8, 4) is 34.3 Å². The molecule has 0 bridgehead atoms. The van der Waals surface area contributed by atoms with Crippen LogP contribution < -0.4 is 36.9 Å². The summed E-state index contributed by atoms with van der Waals surface area (Å²) in [6.07, 6.45) is 9.99. The van der Waals surface area contributed by atoms with Crippen LogP contribution in [0.5, 0.6) is 11.5 Å².